The number of ether oxygens (including phenoxy) is 1. The minimum atomic E-state index is -4.33. The molecule has 0 spiro atoms. The van der Waals surface area contributed by atoms with Crippen LogP contribution in [0.5, 0.6) is 0 Å². The van der Waals surface area contributed by atoms with Crippen molar-refractivity contribution in [1.82, 2.24) is 14.9 Å². The molecular weight excluding hydrogens is 427 g/mol. The maximum absolute atomic E-state index is 12.5. The fourth-order valence-electron chi connectivity index (χ4n) is 3.23. The number of carbonyl (C=O) groups excluding carboxylic acids is 1. The van der Waals surface area contributed by atoms with E-state index in [-0.39, 0.29) is 19.1 Å². The Balaban J connectivity index is 1.53. The van der Waals surface area contributed by atoms with Crippen LogP contribution in [0.2, 0.25) is 0 Å². The van der Waals surface area contributed by atoms with Gasteiger partial charge in [-0.2, -0.15) is 13.2 Å². The molecule has 0 bridgehead atoms. The molecule has 3 rings (SSSR count). The molecular formula is C22H24F3N3O2S. The fourth-order valence-corrected chi connectivity index (χ4v) is 3.84. The monoisotopic (exact) mass is 451 g/mol. The fraction of sp³-hybridized carbons (Fsp3) is 0.364. The second-order valence-corrected chi connectivity index (χ2v) is 8.39. The molecule has 0 unspecified atom stereocenters. The SMILES string of the molecule is Cc1nc(-c2cc(C)n(CC(=O)NCc3ccc(COCC(F)(F)F)cc3)c2C)cs1. The summed E-state index contributed by atoms with van der Waals surface area (Å²) in [5.74, 6) is -0.125. The van der Waals surface area contributed by atoms with Crippen molar-refractivity contribution in [3.8, 4) is 11.3 Å². The van der Waals surface area contributed by atoms with E-state index in [1.807, 2.05) is 36.8 Å². The quantitative estimate of drug-likeness (QED) is 0.528. The molecule has 9 heteroatoms. The summed E-state index contributed by atoms with van der Waals surface area (Å²) in [7, 11) is 0. The van der Waals surface area contributed by atoms with Gasteiger partial charge in [-0.1, -0.05) is 24.3 Å². The minimum absolute atomic E-state index is 0.112. The lowest BCUT2D eigenvalue weighted by molar-refractivity contribution is -0.176. The van der Waals surface area contributed by atoms with Crippen LogP contribution in [0.25, 0.3) is 11.3 Å². The van der Waals surface area contributed by atoms with Crippen LogP contribution in [0.4, 0.5) is 13.2 Å². The van der Waals surface area contributed by atoms with E-state index in [1.165, 1.54) is 0 Å². The normalized spacial score (nSPS) is 11.7. The van der Waals surface area contributed by atoms with Crippen LogP contribution < -0.4 is 5.32 Å². The van der Waals surface area contributed by atoms with Crippen molar-refractivity contribution in [1.29, 1.82) is 0 Å². The van der Waals surface area contributed by atoms with E-state index in [9.17, 15) is 18.0 Å². The van der Waals surface area contributed by atoms with Gasteiger partial charge in [0, 0.05) is 28.9 Å². The molecule has 166 valence electrons. The Morgan fingerprint density at radius 1 is 1.16 bits per heavy atom. The summed E-state index contributed by atoms with van der Waals surface area (Å²) in [5.41, 5.74) is 5.41. The molecule has 0 aliphatic heterocycles. The Morgan fingerprint density at radius 2 is 1.84 bits per heavy atom. The zero-order valence-corrected chi connectivity index (χ0v) is 18.4. The number of nitrogens with zero attached hydrogens (tertiary/aromatic N) is 2. The van der Waals surface area contributed by atoms with Gasteiger partial charge >= 0.3 is 6.18 Å². The van der Waals surface area contributed by atoms with Crippen molar-refractivity contribution in [2.75, 3.05) is 6.61 Å². The average molecular weight is 452 g/mol. The van der Waals surface area contributed by atoms with Crippen LogP contribution in [0, 0.1) is 20.8 Å². The number of hydrogen-bond acceptors (Lipinski definition) is 4. The molecule has 5 nitrogen and oxygen atoms in total. The van der Waals surface area contributed by atoms with Crippen molar-refractivity contribution in [3.63, 3.8) is 0 Å². The maximum atomic E-state index is 12.5. The number of benzene rings is 1. The number of carbonyl (C=O) groups is 1. The van der Waals surface area contributed by atoms with Crippen molar-refractivity contribution in [2.24, 2.45) is 0 Å². The summed E-state index contributed by atoms with van der Waals surface area (Å²) < 4.78 is 43.0. The Hall–Kier alpha value is -2.65. The van der Waals surface area contributed by atoms with E-state index in [0.29, 0.717) is 12.1 Å². The number of amides is 1. The van der Waals surface area contributed by atoms with Crippen LogP contribution >= 0.6 is 11.3 Å². The standard InChI is InChI=1S/C22H24F3N3O2S/c1-14-8-19(20-12-31-16(3)27-20)15(2)28(14)10-21(29)26-9-17-4-6-18(7-5-17)11-30-13-22(23,24)25/h4-8,12H,9-11,13H2,1-3H3,(H,26,29). The van der Waals surface area contributed by atoms with Gasteiger partial charge in [-0.3, -0.25) is 4.79 Å². The van der Waals surface area contributed by atoms with Gasteiger partial charge < -0.3 is 14.6 Å². The lowest BCUT2D eigenvalue weighted by atomic mass is 10.1. The number of nitrogens with one attached hydrogen (secondary N) is 1. The predicted molar refractivity (Wildman–Crippen MR) is 114 cm³/mol. The summed E-state index contributed by atoms with van der Waals surface area (Å²) in [6, 6.07) is 8.96. The van der Waals surface area contributed by atoms with Crippen molar-refractivity contribution >= 4 is 17.2 Å². The zero-order valence-electron chi connectivity index (χ0n) is 17.5. The molecule has 1 aromatic carbocycles. The molecule has 2 aromatic heterocycles. The van der Waals surface area contributed by atoms with Crippen LogP contribution in [0.3, 0.4) is 0 Å². The van der Waals surface area contributed by atoms with E-state index in [2.05, 4.69) is 15.0 Å². The second kappa shape index (κ2) is 9.65. The number of rotatable bonds is 8. The van der Waals surface area contributed by atoms with E-state index >= 15 is 0 Å². The first-order valence-electron chi connectivity index (χ1n) is 9.70. The minimum Gasteiger partial charge on any atom is -0.367 e. The number of halogens is 3. The lowest BCUT2D eigenvalue weighted by Crippen LogP contribution is -2.27. The first-order valence-corrected chi connectivity index (χ1v) is 10.6. The van der Waals surface area contributed by atoms with Crippen LogP contribution in [-0.4, -0.2) is 28.2 Å². The Kier molecular flexibility index (Phi) is 7.17. The van der Waals surface area contributed by atoms with E-state index in [4.69, 9.17) is 0 Å². The second-order valence-electron chi connectivity index (χ2n) is 7.32. The average Bonchev–Trinajstić information content (AvgIpc) is 3.24. The van der Waals surface area contributed by atoms with Gasteiger partial charge in [-0.25, -0.2) is 4.98 Å². The lowest BCUT2D eigenvalue weighted by Gasteiger charge is -2.11. The maximum Gasteiger partial charge on any atom is 0.411 e. The van der Waals surface area contributed by atoms with Crippen molar-refractivity contribution < 1.29 is 22.7 Å². The van der Waals surface area contributed by atoms with Gasteiger partial charge in [-0.15, -0.1) is 11.3 Å². The van der Waals surface area contributed by atoms with Gasteiger partial charge in [-0.05, 0) is 38.0 Å². The van der Waals surface area contributed by atoms with Gasteiger partial charge in [0.05, 0.1) is 17.3 Å². The Labute approximate surface area is 182 Å². The highest BCUT2D eigenvalue weighted by Gasteiger charge is 2.27. The highest BCUT2D eigenvalue weighted by molar-refractivity contribution is 7.09. The first-order chi connectivity index (χ1) is 14.6. The van der Waals surface area contributed by atoms with Crippen molar-refractivity contribution in [2.45, 2.75) is 46.6 Å². The molecule has 0 saturated heterocycles. The van der Waals surface area contributed by atoms with Gasteiger partial charge in [0.25, 0.3) is 0 Å². The number of alkyl halides is 3. The largest absolute Gasteiger partial charge is 0.411 e. The summed E-state index contributed by atoms with van der Waals surface area (Å²) in [5, 5.41) is 5.89. The summed E-state index contributed by atoms with van der Waals surface area (Å²) in [6.45, 7) is 5.05. The number of hydrogen-bond donors (Lipinski definition) is 1. The molecule has 2 heterocycles. The predicted octanol–water partition coefficient (Wildman–Crippen LogP) is 4.93. The third-order valence-electron chi connectivity index (χ3n) is 4.82. The van der Waals surface area contributed by atoms with E-state index in [0.717, 1.165) is 33.2 Å². The van der Waals surface area contributed by atoms with E-state index < -0.39 is 12.8 Å². The third kappa shape index (κ3) is 6.41. The number of aryl methyl sites for hydroxylation is 2. The number of aromatic nitrogens is 2. The molecule has 31 heavy (non-hydrogen) atoms. The highest BCUT2D eigenvalue weighted by atomic mass is 32.1. The molecule has 0 fully saturated rings. The molecule has 0 atom stereocenters. The molecule has 1 amide bonds. The third-order valence-corrected chi connectivity index (χ3v) is 5.59. The molecule has 3 aromatic rings. The van der Waals surface area contributed by atoms with Crippen LogP contribution in [0.15, 0.2) is 35.7 Å². The first kappa shape index (κ1) is 23.0. The topological polar surface area (TPSA) is 56.2 Å². The smallest absolute Gasteiger partial charge is 0.367 e. The van der Waals surface area contributed by atoms with Crippen molar-refractivity contribution in [3.05, 3.63) is 63.2 Å². The Morgan fingerprint density at radius 3 is 2.45 bits per heavy atom. The molecule has 1 N–H and O–H groups in total. The molecule has 0 aliphatic carbocycles. The molecule has 0 radical (unpaired) electrons. The van der Waals surface area contributed by atoms with Gasteiger partial charge in [0.2, 0.25) is 5.91 Å². The van der Waals surface area contributed by atoms with Gasteiger partial charge in [0.15, 0.2) is 0 Å². The highest BCUT2D eigenvalue weighted by Crippen LogP contribution is 2.27. The summed E-state index contributed by atoms with van der Waals surface area (Å²) >= 11 is 1.59. The zero-order chi connectivity index (χ0) is 22.6. The summed E-state index contributed by atoms with van der Waals surface area (Å²) in [6.07, 6.45) is -4.33. The number of thiazole rings is 1. The van der Waals surface area contributed by atoms with Gasteiger partial charge in [0.1, 0.15) is 13.2 Å². The molecule has 0 saturated carbocycles. The van der Waals surface area contributed by atoms with Crippen LogP contribution in [-0.2, 0) is 29.2 Å². The van der Waals surface area contributed by atoms with E-state index in [1.54, 1.807) is 35.6 Å². The summed E-state index contributed by atoms with van der Waals surface area (Å²) in [4.78, 5) is 17.0. The molecule has 0 aliphatic rings. The van der Waals surface area contributed by atoms with Crippen LogP contribution in [0.1, 0.15) is 27.5 Å². The Bertz CT molecular complexity index is 1040.